The maximum absolute atomic E-state index is 13.5. The number of halogens is 1. The number of carbonyl (C=O) groups is 4. The third kappa shape index (κ3) is 9.48. The third-order valence-corrected chi connectivity index (χ3v) is 7.60. The van der Waals surface area contributed by atoms with E-state index in [4.69, 9.17) is 4.74 Å². The summed E-state index contributed by atoms with van der Waals surface area (Å²) >= 11 is 1.96. The molecule has 4 N–H and O–H groups in total. The van der Waals surface area contributed by atoms with Crippen LogP contribution < -0.4 is 10.6 Å². The van der Waals surface area contributed by atoms with E-state index in [0.717, 1.165) is 5.57 Å². The zero-order valence-electron chi connectivity index (χ0n) is 23.4. The molecule has 1 aliphatic rings. The van der Waals surface area contributed by atoms with Crippen LogP contribution in [0.25, 0.3) is 0 Å². The van der Waals surface area contributed by atoms with E-state index < -0.39 is 48.6 Å². The van der Waals surface area contributed by atoms with Gasteiger partial charge in [0, 0.05) is 19.4 Å². The van der Waals surface area contributed by atoms with Crippen LogP contribution >= 0.6 is 22.6 Å². The number of phenolic OH excluding ortho intramolecular Hbond substituents is 1. The van der Waals surface area contributed by atoms with Crippen LogP contribution in [0.15, 0.2) is 29.8 Å². The van der Waals surface area contributed by atoms with Gasteiger partial charge in [0.15, 0.2) is 6.04 Å². The van der Waals surface area contributed by atoms with Gasteiger partial charge >= 0.3 is 5.97 Å². The van der Waals surface area contributed by atoms with E-state index in [1.54, 1.807) is 32.9 Å². The van der Waals surface area contributed by atoms with Crippen LogP contribution in [0.5, 0.6) is 5.75 Å². The van der Waals surface area contributed by atoms with Gasteiger partial charge in [0.25, 0.3) is 0 Å². The van der Waals surface area contributed by atoms with Gasteiger partial charge in [-0.3, -0.25) is 14.4 Å². The highest BCUT2D eigenvalue weighted by molar-refractivity contribution is 14.1. The molecule has 0 spiro atoms. The number of phenols is 1. The molecule has 0 unspecified atom stereocenters. The molecule has 10 nitrogen and oxygen atoms in total. The molecule has 6 atom stereocenters. The first kappa shape index (κ1) is 32.5. The van der Waals surface area contributed by atoms with E-state index in [2.05, 4.69) is 10.6 Å². The lowest BCUT2D eigenvalue weighted by molar-refractivity contribution is -0.154. The Morgan fingerprint density at radius 3 is 2.36 bits per heavy atom. The van der Waals surface area contributed by atoms with Crippen molar-refractivity contribution in [1.29, 1.82) is 0 Å². The summed E-state index contributed by atoms with van der Waals surface area (Å²) in [6.45, 7) is 8.32. The molecule has 216 valence electrons. The maximum atomic E-state index is 13.5. The van der Waals surface area contributed by atoms with Gasteiger partial charge in [0.2, 0.25) is 17.7 Å². The normalized spacial score (nSPS) is 29.8. The van der Waals surface area contributed by atoms with E-state index in [1.807, 2.05) is 42.5 Å². The Morgan fingerprint density at radius 1 is 1.08 bits per heavy atom. The second kappa shape index (κ2) is 14.6. The molecular formula is C28H40IN3O7. The number of amides is 3. The van der Waals surface area contributed by atoms with Crippen molar-refractivity contribution in [2.45, 2.75) is 78.1 Å². The lowest BCUT2D eigenvalue weighted by atomic mass is 9.95. The van der Waals surface area contributed by atoms with Crippen LogP contribution in [0, 0.1) is 15.4 Å². The van der Waals surface area contributed by atoms with E-state index in [1.165, 1.54) is 18.0 Å². The number of cyclic esters (lactones) is 1. The molecule has 0 aromatic heterocycles. The molecule has 39 heavy (non-hydrogen) atoms. The number of hydrogen-bond donors (Lipinski definition) is 4. The summed E-state index contributed by atoms with van der Waals surface area (Å²) in [5.74, 6) is -2.46. The SMILES string of the molecule is C/C1=C\[C@H](C)C[C@H](C)OC(=O)[C@H](CO)NC(=O)[C@@H](Cc2ccc(O)c(I)c2)N(C)C(=O)[C@H](C)NC(=O)[C@@H](C)C1. The van der Waals surface area contributed by atoms with Crippen molar-refractivity contribution in [2.24, 2.45) is 11.8 Å². The number of aliphatic hydroxyl groups excluding tert-OH is 1. The third-order valence-electron chi connectivity index (χ3n) is 6.74. The fourth-order valence-electron chi connectivity index (χ4n) is 4.68. The summed E-state index contributed by atoms with van der Waals surface area (Å²) < 4.78 is 6.09. The first-order valence-corrected chi connectivity index (χ1v) is 14.1. The first-order valence-electron chi connectivity index (χ1n) is 13.1. The van der Waals surface area contributed by atoms with Crippen LogP contribution in [0.1, 0.15) is 53.0 Å². The summed E-state index contributed by atoms with van der Waals surface area (Å²) in [5, 5.41) is 25.1. The molecule has 0 fully saturated rings. The van der Waals surface area contributed by atoms with Crippen LogP contribution in [-0.4, -0.2) is 76.7 Å². The molecule has 2 rings (SSSR count). The molecule has 0 saturated carbocycles. The molecular weight excluding hydrogens is 617 g/mol. The number of carbonyl (C=O) groups excluding carboxylic acids is 4. The maximum Gasteiger partial charge on any atom is 0.331 e. The quantitative estimate of drug-likeness (QED) is 0.222. The summed E-state index contributed by atoms with van der Waals surface area (Å²) in [7, 11) is 1.45. The number of aromatic hydroxyl groups is 1. The van der Waals surface area contributed by atoms with Gasteiger partial charge in [0.05, 0.1) is 16.3 Å². The largest absolute Gasteiger partial charge is 0.507 e. The minimum Gasteiger partial charge on any atom is -0.507 e. The summed E-state index contributed by atoms with van der Waals surface area (Å²) in [6, 6.07) is 1.50. The molecule has 3 amide bonds. The zero-order chi connectivity index (χ0) is 29.4. The molecule has 0 aliphatic carbocycles. The van der Waals surface area contributed by atoms with Crippen molar-refractivity contribution < 1.29 is 34.1 Å². The van der Waals surface area contributed by atoms with Gasteiger partial charge in [-0.25, -0.2) is 4.79 Å². The number of likely N-dealkylation sites (N-methyl/N-ethyl adjacent to an activating group) is 1. The molecule has 11 heteroatoms. The van der Waals surface area contributed by atoms with Crippen molar-refractivity contribution in [3.8, 4) is 5.75 Å². The number of rotatable bonds is 3. The Morgan fingerprint density at radius 2 is 1.74 bits per heavy atom. The molecule has 1 aliphatic heterocycles. The fourth-order valence-corrected chi connectivity index (χ4v) is 5.26. The Kier molecular flexibility index (Phi) is 12.2. The Labute approximate surface area is 243 Å². The molecule has 1 aromatic carbocycles. The smallest absolute Gasteiger partial charge is 0.331 e. The topological polar surface area (TPSA) is 145 Å². The minimum absolute atomic E-state index is 0.0516. The van der Waals surface area contributed by atoms with E-state index >= 15 is 0 Å². The number of ether oxygens (including phenoxy) is 1. The number of benzene rings is 1. The molecule has 0 radical (unpaired) electrons. The van der Waals surface area contributed by atoms with Crippen molar-refractivity contribution in [1.82, 2.24) is 15.5 Å². The average molecular weight is 658 g/mol. The average Bonchev–Trinajstić information content (AvgIpc) is 2.85. The monoisotopic (exact) mass is 657 g/mol. The minimum atomic E-state index is -1.32. The molecule has 0 saturated heterocycles. The first-order chi connectivity index (χ1) is 18.2. The summed E-state index contributed by atoms with van der Waals surface area (Å²) in [5.41, 5.74) is 1.67. The van der Waals surface area contributed by atoms with Crippen molar-refractivity contribution >= 4 is 46.3 Å². The van der Waals surface area contributed by atoms with Crippen molar-refractivity contribution in [2.75, 3.05) is 13.7 Å². The zero-order valence-corrected chi connectivity index (χ0v) is 25.5. The highest BCUT2D eigenvalue weighted by Crippen LogP contribution is 2.22. The van der Waals surface area contributed by atoms with Crippen molar-refractivity contribution in [3.63, 3.8) is 0 Å². The number of nitrogens with one attached hydrogen (secondary N) is 2. The number of hydrogen-bond acceptors (Lipinski definition) is 7. The number of aliphatic hydroxyl groups is 1. The van der Waals surface area contributed by atoms with Crippen LogP contribution in [0.2, 0.25) is 0 Å². The molecule has 0 bridgehead atoms. The van der Waals surface area contributed by atoms with E-state index in [-0.39, 0.29) is 29.9 Å². The van der Waals surface area contributed by atoms with Crippen molar-refractivity contribution in [3.05, 3.63) is 39.0 Å². The number of esters is 1. The number of nitrogens with zero attached hydrogens (tertiary/aromatic N) is 1. The van der Waals surface area contributed by atoms with Crippen LogP contribution in [0.4, 0.5) is 0 Å². The molecule has 1 aromatic rings. The Balaban J connectivity index is 2.44. The van der Waals surface area contributed by atoms with Gasteiger partial charge in [-0.05, 0) is 79.8 Å². The summed E-state index contributed by atoms with van der Waals surface area (Å²) in [4.78, 5) is 53.7. The van der Waals surface area contributed by atoms with Gasteiger partial charge < -0.3 is 30.5 Å². The van der Waals surface area contributed by atoms with Gasteiger partial charge in [-0.2, -0.15) is 0 Å². The van der Waals surface area contributed by atoms with Crippen LogP contribution in [-0.2, 0) is 30.3 Å². The van der Waals surface area contributed by atoms with Gasteiger partial charge in [0.1, 0.15) is 17.8 Å². The standard InChI is InChI=1S/C28H40IN3O7/c1-15-9-16(2)11-18(4)39-28(38)22(14-33)31-26(36)23(13-20-7-8-24(34)21(29)12-20)32(6)27(37)19(5)30-25(35)17(3)10-15/h7-9,12,16-19,22-23,33-34H,10-11,13-14H2,1-6H3,(H,30,35)(H,31,36)/b15-9+/t16-,17-,18-,19-,22-,23+/m0/s1. The second-order valence-electron chi connectivity index (χ2n) is 10.5. The van der Waals surface area contributed by atoms with E-state index in [0.29, 0.717) is 22.0 Å². The summed E-state index contributed by atoms with van der Waals surface area (Å²) in [6.07, 6.45) is 2.62. The second-order valence-corrected chi connectivity index (χ2v) is 11.7. The van der Waals surface area contributed by atoms with Gasteiger partial charge in [-0.15, -0.1) is 0 Å². The van der Waals surface area contributed by atoms with E-state index in [9.17, 15) is 29.4 Å². The highest BCUT2D eigenvalue weighted by atomic mass is 127. The Hall–Kier alpha value is -2.67. The molecule has 1 heterocycles. The number of allylic oxidation sites excluding steroid dienone is 2. The lowest BCUT2D eigenvalue weighted by Gasteiger charge is -2.31. The van der Waals surface area contributed by atoms with Crippen LogP contribution in [0.3, 0.4) is 0 Å². The predicted octanol–water partition coefficient (Wildman–Crippen LogP) is 2.29. The lowest BCUT2D eigenvalue weighted by Crippen LogP contribution is -2.57. The highest BCUT2D eigenvalue weighted by Gasteiger charge is 2.34. The van der Waals surface area contributed by atoms with Gasteiger partial charge in [-0.1, -0.05) is 31.6 Å². The Bertz CT molecular complexity index is 1090. The predicted molar refractivity (Wildman–Crippen MR) is 155 cm³/mol. The fraction of sp³-hybridized carbons (Fsp3) is 0.571.